The van der Waals surface area contributed by atoms with Crippen molar-refractivity contribution >= 4 is 28.7 Å². The Kier molecular flexibility index (Phi) is 5.33. The van der Waals surface area contributed by atoms with Crippen LogP contribution in [0.2, 0.25) is 5.02 Å². The van der Waals surface area contributed by atoms with E-state index in [9.17, 15) is 0 Å². The van der Waals surface area contributed by atoms with E-state index in [4.69, 9.17) is 16.6 Å². The SMILES string of the molecule is Cc1cc2nc(/C=C/C3CCCNC3)n(Cc3ccc(Cl)cc3)c2cc1C. The van der Waals surface area contributed by atoms with Gasteiger partial charge >= 0.3 is 0 Å². The molecule has 1 aliphatic heterocycles. The highest BCUT2D eigenvalue weighted by Crippen LogP contribution is 2.24. The second kappa shape index (κ2) is 7.87. The fourth-order valence-electron chi connectivity index (χ4n) is 3.73. The zero-order valence-electron chi connectivity index (χ0n) is 16.0. The molecule has 3 aromatic rings. The van der Waals surface area contributed by atoms with Gasteiger partial charge in [0.25, 0.3) is 0 Å². The average molecular weight is 380 g/mol. The number of hydrogen-bond acceptors (Lipinski definition) is 2. The van der Waals surface area contributed by atoms with Crippen molar-refractivity contribution in [1.29, 1.82) is 0 Å². The third-order valence-electron chi connectivity index (χ3n) is 5.50. The monoisotopic (exact) mass is 379 g/mol. The molecule has 4 heteroatoms. The number of nitrogens with one attached hydrogen (secondary N) is 1. The second-order valence-corrected chi connectivity index (χ2v) is 8.01. The molecule has 1 aliphatic rings. The van der Waals surface area contributed by atoms with E-state index in [0.29, 0.717) is 5.92 Å². The van der Waals surface area contributed by atoms with E-state index in [0.717, 1.165) is 36.0 Å². The first-order chi connectivity index (χ1) is 13.1. The predicted molar refractivity (Wildman–Crippen MR) is 114 cm³/mol. The van der Waals surface area contributed by atoms with E-state index in [2.05, 4.69) is 60.1 Å². The maximum absolute atomic E-state index is 6.06. The summed E-state index contributed by atoms with van der Waals surface area (Å²) in [4.78, 5) is 4.94. The summed E-state index contributed by atoms with van der Waals surface area (Å²) in [5.41, 5.74) is 6.06. The molecule has 0 spiro atoms. The Morgan fingerprint density at radius 2 is 1.96 bits per heavy atom. The smallest absolute Gasteiger partial charge is 0.133 e. The minimum atomic E-state index is 0.589. The van der Waals surface area contributed by atoms with Crippen LogP contribution in [0.4, 0.5) is 0 Å². The zero-order valence-corrected chi connectivity index (χ0v) is 16.8. The van der Waals surface area contributed by atoms with Gasteiger partial charge in [-0.1, -0.05) is 29.8 Å². The van der Waals surface area contributed by atoms with Crippen LogP contribution in [0.1, 0.15) is 35.4 Å². The lowest BCUT2D eigenvalue weighted by molar-refractivity contribution is 0.439. The summed E-state index contributed by atoms with van der Waals surface area (Å²) in [6.45, 7) is 7.30. The molecule has 0 aliphatic carbocycles. The van der Waals surface area contributed by atoms with Crippen molar-refractivity contribution in [2.75, 3.05) is 13.1 Å². The fourth-order valence-corrected chi connectivity index (χ4v) is 3.86. The van der Waals surface area contributed by atoms with E-state index in [1.807, 2.05) is 12.1 Å². The first-order valence-corrected chi connectivity index (χ1v) is 10.1. The summed E-state index contributed by atoms with van der Waals surface area (Å²) in [6.07, 6.45) is 7.03. The van der Waals surface area contributed by atoms with Crippen LogP contribution in [0.25, 0.3) is 17.1 Å². The van der Waals surface area contributed by atoms with E-state index in [1.54, 1.807) is 0 Å². The van der Waals surface area contributed by atoms with Gasteiger partial charge in [0.2, 0.25) is 0 Å². The van der Waals surface area contributed by atoms with Crippen LogP contribution in [0.5, 0.6) is 0 Å². The molecule has 0 amide bonds. The lowest BCUT2D eigenvalue weighted by Gasteiger charge is -2.19. The third-order valence-corrected chi connectivity index (χ3v) is 5.75. The van der Waals surface area contributed by atoms with Crippen LogP contribution >= 0.6 is 11.6 Å². The molecule has 27 heavy (non-hydrogen) atoms. The van der Waals surface area contributed by atoms with E-state index in [-0.39, 0.29) is 0 Å². The fraction of sp³-hybridized carbons (Fsp3) is 0.348. The minimum absolute atomic E-state index is 0.589. The van der Waals surface area contributed by atoms with Gasteiger partial charge in [-0.15, -0.1) is 0 Å². The normalized spacial score (nSPS) is 17.8. The number of aromatic nitrogens is 2. The number of nitrogens with zero attached hydrogens (tertiary/aromatic N) is 2. The Bertz CT molecular complexity index is 963. The van der Waals surface area contributed by atoms with Gasteiger partial charge in [0.1, 0.15) is 5.82 Å². The van der Waals surface area contributed by atoms with Gasteiger partial charge in [-0.05, 0) is 86.2 Å². The molecule has 2 heterocycles. The third kappa shape index (κ3) is 4.10. The lowest BCUT2D eigenvalue weighted by atomic mass is 9.99. The Morgan fingerprint density at radius 1 is 1.19 bits per heavy atom. The Labute approximate surface area is 166 Å². The van der Waals surface area contributed by atoms with Gasteiger partial charge in [0.15, 0.2) is 0 Å². The largest absolute Gasteiger partial charge is 0.320 e. The summed E-state index contributed by atoms with van der Waals surface area (Å²) < 4.78 is 2.32. The van der Waals surface area contributed by atoms with Crippen molar-refractivity contribution in [3.8, 4) is 0 Å². The molecule has 1 atom stereocenters. The Hall–Kier alpha value is -2.10. The van der Waals surface area contributed by atoms with Crippen LogP contribution in [-0.2, 0) is 6.54 Å². The topological polar surface area (TPSA) is 29.9 Å². The van der Waals surface area contributed by atoms with Gasteiger partial charge in [-0.25, -0.2) is 4.98 Å². The van der Waals surface area contributed by atoms with Crippen LogP contribution in [0.15, 0.2) is 42.5 Å². The summed E-state index contributed by atoms with van der Waals surface area (Å²) in [5, 5.41) is 4.25. The van der Waals surface area contributed by atoms with Crippen molar-refractivity contribution < 1.29 is 0 Å². The summed E-state index contributed by atoms with van der Waals surface area (Å²) in [5.74, 6) is 1.61. The van der Waals surface area contributed by atoms with Crippen molar-refractivity contribution in [2.24, 2.45) is 5.92 Å². The van der Waals surface area contributed by atoms with Gasteiger partial charge in [0.05, 0.1) is 11.0 Å². The molecule has 140 valence electrons. The molecule has 0 bridgehead atoms. The average Bonchev–Trinajstić information content (AvgIpc) is 2.99. The number of rotatable bonds is 4. The molecule has 0 saturated carbocycles. The van der Waals surface area contributed by atoms with Gasteiger partial charge < -0.3 is 9.88 Å². The van der Waals surface area contributed by atoms with Crippen molar-refractivity contribution in [2.45, 2.75) is 33.2 Å². The molecule has 1 N–H and O–H groups in total. The van der Waals surface area contributed by atoms with E-state index in [1.165, 1.54) is 35.0 Å². The van der Waals surface area contributed by atoms with Crippen molar-refractivity contribution in [1.82, 2.24) is 14.9 Å². The van der Waals surface area contributed by atoms with Gasteiger partial charge in [0, 0.05) is 18.1 Å². The molecule has 3 nitrogen and oxygen atoms in total. The molecule has 1 fully saturated rings. The minimum Gasteiger partial charge on any atom is -0.320 e. The quantitative estimate of drug-likeness (QED) is 0.660. The highest BCUT2D eigenvalue weighted by Gasteiger charge is 2.13. The number of piperidine rings is 1. The number of halogens is 1. The maximum atomic E-state index is 6.06. The van der Waals surface area contributed by atoms with Gasteiger partial charge in [-0.2, -0.15) is 0 Å². The van der Waals surface area contributed by atoms with E-state index < -0.39 is 0 Å². The first kappa shape index (κ1) is 18.3. The number of fused-ring (bicyclic) bond motifs is 1. The molecule has 1 saturated heterocycles. The summed E-state index contributed by atoms with van der Waals surface area (Å²) in [6, 6.07) is 12.5. The molecular formula is C23H26ClN3. The number of aryl methyl sites for hydroxylation is 2. The Morgan fingerprint density at radius 3 is 2.70 bits per heavy atom. The summed E-state index contributed by atoms with van der Waals surface area (Å²) >= 11 is 6.06. The standard InChI is InChI=1S/C23H26ClN3/c1-16-12-21-22(13-17(16)2)27(15-19-5-8-20(24)9-6-19)23(26-21)10-7-18-4-3-11-25-14-18/h5-10,12-13,18,25H,3-4,11,14-15H2,1-2H3/b10-7+. The van der Waals surface area contributed by atoms with Crippen LogP contribution < -0.4 is 5.32 Å². The van der Waals surface area contributed by atoms with Gasteiger partial charge in [-0.3, -0.25) is 0 Å². The van der Waals surface area contributed by atoms with E-state index >= 15 is 0 Å². The molecule has 0 radical (unpaired) electrons. The zero-order chi connectivity index (χ0) is 18.8. The summed E-state index contributed by atoms with van der Waals surface area (Å²) in [7, 11) is 0. The van der Waals surface area contributed by atoms with Crippen LogP contribution in [0, 0.1) is 19.8 Å². The molecule has 4 rings (SSSR count). The van der Waals surface area contributed by atoms with Crippen LogP contribution in [-0.4, -0.2) is 22.6 Å². The highest BCUT2D eigenvalue weighted by molar-refractivity contribution is 6.30. The number of benzene rings is 2. The molecule has 1 aromatic heterocycles. The molecule has 1 unspecified atom stereocenters. The molecular weight excluding hydrogens is 354 g/mol. The lowest BCUT2D eigenvalue weighted by Crippen LogP contribution is -2.28. The second-order valence-electron chi connectivity index (χ2n) is 7.57. The molecule has 2 aromatic carbocycles. The van der Waals surface area contributed by atoms with Crippen LogP contribution in [0.3, 0.4) is 0 Å². The highest BCUT2D eigenvalue weighted by atomic mass is 35.5. The predicted octanol–water partition coefficient (Wildman–Crippen LogP) is 5.37. The maximum Gasteiger partial charge on any atom is 0.133 e. The number of hydrogen-bond donors (Lipinski definition) is 1. The Balaban J connectivity index is 1.73. The number of imidazole rings is 1. The van der Waals surface area contributed by atoms with Crippen molar-refractivity contribution in [3.63, 3.8) is 0 Å². The van der Waals surface area contributed by atoms with Crippen molar-refractivity contribution in [3.05, 3.63) is 70.0 Å². The first-order valence-electron chi connectivity index (χ1n) is 9.71.